The minimum atomic E-state index is -0.441. The molecule has 26 heavy (non-hydrogen) atoms. The molecule has 0 fully saturated rings. The van der Waals surface area contributed by atoms with Gasteiger partial charge in [-0.2, -0.15) is 5.10 Å². The molecule has 0 atom stereocenters. The number of benzene rings is 1. The van der Waals surface area contributed by atoms with Gasteiger partial charge >= 0.3 is 0 Å². The third-order valence-corrected chi connectivity index (χ3v) is 5.33. The van der Waals surface area contributed by atoms with Crippen LogP contribution in [0.5, 0.6) is 0 Å². The highest BCUT2D eigenvalue weighted by atomic mass is 35.5. The third kappa shape index (κ3) is 4.57. The van der Waals surface area contributed by atoms with Gasteiger partial charge in [0, 0.05) is 22.5 Å². The van der Waals surface area contributed by atoms with E-state index in [2.05, 4.69) is 10.4 Å². The van der Waals surface area contributed by atoms with Gasteiger partial charge in [0.1, 0.15) is 4.83 Å². The second-order valence-corrected chi connectivity index (χ2v) is 8.27. The maximum atomic E-state index is 12.4. The van der Waals surface area contributed by atoms with Crippen molar-refractivity contribution in [2.24, 2.45) is 5.73 Å². The van der Waals surface area contributed by atoms with E-state index >= 15 is 0 Å². The molecule has 2 heterocycles. The summed E-state index contributed by atoms with van der Waals surface area (Å²) < 4.78 is 1.90. The number of nitrogens with one attached hydrogen (secondary N) is 1. The van der Waals surface area contributed by atoms with E-state index < -0.39 is 5.54 Å². The van der Waals surface area contributed by atoms with Crippen molar-refractivity contribution < 1.29 is 4.79 Å². The van der Waals surface area contributed by atoms with Gasteiger partial charge in [0.15, 0.2) is 0 Å². The Labute approximate surface area is 167 Å². The number of nitrogens with two attached hydrogens (primary N) is 1. The number of amides is 1. The number of aryl methyl sites for hydroxylation is 1. The molecule has 140 valence electrons. The molecule has 3 rings (SSSR count). The number of carbonyl (C=O) groups is 1. The predicted octanol–water partition coefficient (Wildman–Crippen LogP) is 4.00. The number of carbonyl (C=O) groups excluding carboxylic acids is 1. The van der Waals surface area contributed by atoms with Crippen molar-refractivity contribution >= 4 is 51.5 Å². The van der Waals surface area contributed by atoms with Crippen molar-refractivity contribution in [1.29, 1.82) is 0 Å². The lowest BCUT2D eigenvalue weighted by atomic mass is 10.1. The molecular weight excluding hydrogens is 391 g/mol. The molecule has 3 N–H and O–H groups in total. The molecule has 3 aromatic rings. The van der Waals surface area contributed by atoms with E-state index in [9.17, 15) is 4.79 Å². The first kappa shape index (κ1) is 20.7. The molecular formula is C18H22Cl2N4OS. The average Bonchev–Trinajstić information content (AvgIpc) is 3.08. The zero-order chi connectivity index (χ0) is 18.2. The van der Waals surface area contributed by atoms with E-state index in [1.807, 2.05) is 55.8 Å². The van der Waals surface area contributed by atoms with Crippen molar-refractivity contribution in [3.8, 4) is 0 Å². The largest absolute Gasteiger partial charge is 0.350 e. The van der Waals surface area contributed by atoms with Crippen LogP contribution in [0.15, 0.2) is 30.3 Å². The van der Waals surface area contributed by atoms with E-state index in [1.54, 1.807) is 0 Å². The molecule has 0 aliphatic carbocycles. The van der Waals surface area contributed by atoms with Gasteiger partial charge in [0.25, 0.3) is 5.91 Å². The minimum Gasteiger partial charge on any atom is -0.350 e. The highest BCUT2D eigenvalue weighted by molar-refractivity contribution is 7.20. The van der Waals surface area contributed by atoms with Crippen LogP contribution in [-0.2, 0) is 6.54 Å². The lowest BCUT2D eigenvalue weighted by molar-refractivity contribution is 0.0950. The number of hydrogen-bond acceptors (Lipinski definition) is 4. The zero-order valence-corrected chi connectivity index (χ0v) is 17.3. The molecule has 8 heteroatoms. The van der Waals surface area contributed by atoms with Crippen LogP contribution in [0.1, 0.15) is 34.8 Å². The summed E-state index contributed by atoms with van der Waals surface area (Å²) in [6.45, 7) is 6.70. The number of halogens is 2. The predicted molar refractivity (Wildman–Crippen MR) is 111 cm³/mol. The summed E-state index contributed by atoms with van der Waals surface area (Å²) in [6.07, 6.45) is 0. The fourth-order valence-electron chi connectivity index (χ4n) is 2.51. The van der Waals surface area contributed by atoms with Crippen LogP contribution in [0.25, 0.3) is 10.2 Å². The Morgan fingerprint density at radius 2 is 2.08 bits per heavy atom. The number of hydrogen-bond donors (Lipinski definition) is 2. The summed E-state index contributed by atoms with van der Waals surface area (Å²) in [5, 5.41) is 9.18. The van der Waals surface area contributed by atoms with Crippen LogP contribution in [0.4, 0.5) is 0 Å². The average molecular weight is 413 g/mol. The molecule has 0 saturated carbocycles. The number of nitrogens with zero attached hydrogens (tertiary/aromatic N) is 2. The molecule has 0 saturated heterocycles. The Kier molecular flexibility index (Phi) is 6.34. The number of rotatable bonds is 5. The Bertz CT molecular complexity index is 927. The monoisotopic (exact) mass is 412 g/mol. The molecule has 1 aromatic carbocycles. The summed E-state index contributed by atoms with van der Waals surface area (Å²) in [5.74, 6) is -0.108. The van der Waals surface area contributed by atoms with Crippen molar-refractivity contribution in [3.63, 3.8) is 0 Å². The summed E-state index contributed by atoms with van der Waals surface area (Å²) in [7, 11) is 0. The van der Waals surface area contributed by atoms with Gasteiger partial charge in [0.05, 0.1) is 17.1 Å². The Morgan fingerprint density at radius 1 is 1.38 bits per heavy atom. The molecule has 5 nitrogen and oxygen atoms in total. The fraction of sp³-hybridized carbons (Fsp3) is 0.333. The number of fused-ring (bicyclic) bond motifs is 1. The normalized spacial score (nSPS) is 11.4. The minimum absolute atomic E-state index is 0. The Hall–Kier alpha value is -1.60. The van der Waals surface area contributed by atoms with Gasteiger partial charge in [-0.1, -0.05) is 29.8 Å². The molecule has 0 aliphatic rings. The van der Waals surface area contributed by atoms with Crippen LogP contribution in [0, 0.1) is 6.92 Å². The second kappa shape index (κ2) is 7.96. The van der Waals surface area contributed by atoms with Crippen LogP contribution in [0.3, 0.4) is 0 Å². The van der Waals surface area contributed by atoms with Gasteiger partial charge in [-0.05, 0) is 38.5 Å². The van der Waals surface area contributed by atoms with Crippen LogP contribution in [-0.4, -0.2) is 27.8 Å². The molecule has 0 spiro atoms. The third-order valence-electron chi connectivity index (χ3n) is 3.81. The highest BCUT2D eigenvalue weighted by Crippen LogP contribution is 2.29. The van der Waals surface area contributed by atoms with Crippen molar-refractivity contribution in [2.45, 2.75) is 32.9 Å². The lowest BCUT2D eigenvalue weighted by Crippen LogP contribution is -2.44. The van der Waals surface area contributed by atoms with E-state index in [4.69, 9.17) is 17.3 Å². The van der Waals surface area contributed by atoms with Crippen molar-refractivity contribution in [1.82, 2.24) is 15.1 Å². The first-order valence-electron chi connectivity index (χ1n) is 8.02. The quantitative estimate of drug-likeness (QED) is 0.664. The van der Waals surface area contributed by atoms with E-state index in [-0.39, 0.29) is 18.3 Å². The molecule has 0 bridgehead atoms. The van der Waals surface area contributed by atoms with Gasteiger partial charge in [0.2, 0.25) is 0 Å². The molecule has 0 aliphatic heterocycles. The van der Waals surface area contributed by atoms with E-state index in [0.29, 0.717) is 23.0 Å². The highest BCUT2D eigenvalue weighted by Gasteiger charge is 2.18. The summed E-state index contributed by atoms with van der Waals surface area (Å²) in [6, 6.07) is 9.60. The first-order chi connectivity index (χ1) is 11.7. The van der Waals surface area contributed by atoms with Crippen LogP contribution < -0.4 is 11.1 Å². The van der Waals surface area contributed by atoms with Crippen molar-refractivity contribution in [3.05, 3.63) is 51.5 Å². The summed E-state index contributed by atoms with van der Waals surface area (Å²) in [5.41, 5.74) is 7.38. The van der Waals surface area contributed by atoms with E-state index in [0.717, 1.165) is 21.5 Å². The fourth-order valence-corrected chi connectivity index (χ4v) is 3.79. The second-order valence-electron chi connectivity index (χ2n) is 6.84. The first-order valence-corrected chi connectivity index (χ1v) is 9.21. The molecule has 0 unspecified atom stereocenters. The van der Waals surface area contributed by atoms with Gasteiger partial charge in [-0.15, -0.1) is 23.7 Å². The summed E-state index contributed by atoms with van der Waals surface area (Å²) >= 11 is 7.69. The lowest BCUT2D eigenvalue weighted by Gasteiger charge is -2.18. The maximum Gasteiger partial charge on any atom is 0.261 e. The van der Waals surface area contributed by atoms with Crippen LogP contribution >= 0.6 is 35.3 Å². The van der Waals surface area contributed by atoms with E-state index in [1.165, 1.54) is 11.3 Å². The zero-order valence-electron chi connectivity index (χ0n) is 14.9. The van der Waals surface area contributed by atoms with Crippen molar-refractivity contribution in [2.75, 3.05) is 6.54 Å². The molecule has 0 radical (unpaired) electrons. The van der Waals surface area contributed by atoms with Crippen LogP contribution in [0.2, 0.25) is 5.02 Å². The smallest absolute Gasteiger partial charge is 0.261 e. The standard InChI is InChI=1S/C18H21ClN4OS.ClH/c1-11-13-8-15(16(24)21-10-18(2,3)20)25-17(13)23(22-11)9-12-6-4-5-7-14(12)19;/h4-8H,9-10,20H2,1-3H3,(H,21,24);1H. The maximum absolute atomic E-state index is 12.4. The van der Waals surface area contributed by atoms with Gasteiger partial charge in [-0.25, -0.2) is 0 Å². The van der Waals surface area contributed by atoms with Gasteiger partial charge in [-0.3, -0.25) is 9.48 Å². The SMILES string of the molecule is Cc1nn(Cc2ccccc2Cl)c2sc(C(=O)NCC(C)(C)N)cc12.Cl. The Balaban J connectivity index is 0.00000243. The number of aromatic nitrogens is 2. The Morgan fingerprint density at radius 3 is 2.73 bits per heavy atom. The topological polar surface area (TPSA) is 72.9 Å². The van der Waals surface area contributed by atoms with Gasteiger partial charge < -0.3 is 11.1 Å². The molecule has 1 amide bonds. The summed E-state index contributed by atoms with van der Waals surface area (Å²) in [4.78, 5) is 14.0. The molecule has 2 aromatic heterocycles. The number of thiophene rings is 1.